The predicted molar refractivity (Wildman–Crippen MR) is 122 cm³/mol. The van der Waals surface area contributed by atoms with E-state index in [1.165, 1.54) is 57.8 Å². The molecule has 0 bridgehead atoms. The fourth-order valence-electron chi connectivity index (χ4n) is 6.19. The molecule has 0 aromatic rings. The molecular formula is C26H49NO2. The number of nitrogens with one attached hydrogen (secondary N) is 1. The maximum atomic E-state index is 5.84. The Morgan fingerprint density at radius 1 is 0.724 bits per heavy atom. The molecule has 2 saturated heterocycles. The highest BCUT2D eigenvalue weighted by molar-refractivity contribution is 4.92. The van der Waals surface area contributed by atoms with Gasteiger partial charge in [-0.1, -0.05) is 41.5 Å². The minimum absolute atomic E-state index is 0.450. The molecule has 3 atom stereocenters. The Morgan fingerprint density at radius 3 is 1.93 bits per heavy atom. The van der Waals surface area contributed by atoms with Crippen molar-refractivity contribution < 1.29 is 9.47 Å². The van der Waals surface area contributed by atoms with Gasteiger partial charge >= 0.3 is 0 Å². The first-order chi connectivity index (χ1) is 13.6. The fourth-order valence-corrected chi connectivity index (χ4v) is 6.19. The van der Waals surface area contributed by atoms with Crippen LogP contribution in [-0.2, 0) is 9.47 Å². The molecule has 170 valence electrons. The lowest BCUT2D eigenvalue weighted by atomic mass is 9.62. The van der Waals surface area contributed by atoms with Crippen LogP contribution in [0.2, 0.25) is 0 Å². The van der Waals surface area contributed by atoms with Crippen LogP contribution in [0.15, 0.2) is 0 Å². The van der Waals surface area contributed by atoms with Gasteiger partial charge in [-0.05, 0) is 85.9 Å². The molecule has 3 unspecified atom stereocenters. The molecule has 0 aromatic heterocycles. The van der Waals surface area contributed by atoms with Gasteiger partial charge in [0.05, 0.1) is 12.7 Å². The number of morpholine rings is 1. The summed E-state index contributed by atoms with van der Waals surface area (Å²) in [4.78, 5) is 0. The Hall–Kier alpha value is -0.120. The van der Waals surface area contributed by atoms with E-state index in [1.54, 1.807) is 0 Å². The topological polar surface area (TPSA) is 30.5 Å². The lowest BCUT2D eigenvalue weighted by Crippen LogP contribution is -2.52. The third-order valence-corrected chi connectivity index (χ3v) is 8.68. The van der Waals surface area contributed by atoms with E-state index in [-0.39, 0.29) is 0 Å². The van der Waals surface area contributed by atoms with E-state index in [2.05, 4.69) is 46.9 Å². The first-order valence-corrected chi connectivity index (χ1v) is 12.5. The van der Waals surface area contributed by atoms with Gasteiger partial charge in [0, 0.05) is 25.8 Å². The van der Waals surface area contributed by atoms with Crippen molar-refractivity contribution in [2.75, 3.05) is 26.4 Å². The Bertz CT molecular complexity index is 488. The van der Waals surface area contributed by atoms with Gasteiger partial charge in [-0.3, -0.25) is 0 Å². The summed E-state index contributed by atoms with van der Waals surface area (Å²) in [7, 11) is 0. The summed E-state index contributed by atoms with van der Waals surface area (Å²) in [5.74, 6) is 1.79. The second kappa shape index (κ2) is 9.57. The van der Waals surface area contributed by atoms with Crippen LogP contribution in [0.25, 0.3) is 0 Å². The highest BCUT2D eigenvalue weighted by atomic mass is 16.5. The lowest BCUT2D eigenvalue weighted by molar-refractivity contribution is -0.0519. The molecule has 1 N–H and O–H groups in total. The molecule has 1 spiro atoms. The first kappa shape index (κ1) is 23.5. The molecule has 4 aliphatic rings. The highest BCUT2D eigenvalue weighted by Gasteiger charge is 2.39. The third-order valence-electron chi connectivity index (χ3n) is 8.68. The number of hydrogen-bond donors (Lipinski definition) is 1. The molecule has 4 rings (SSSR count). The Balaban J connectivity index is 0.000000166. The Labute approximate surface area is 181 Å². The smallest absolute Gasteiger partial charge is 0.0731 e. The van der Waals surface area contributed by atoms with Gasteiger partial charge in [0.1, 0.15) is 0 Å². The molecule has 0 radical (unpaired) electrons. The van der Waals surface area contributed by atoms with Gasteiger partial charge in [0.2, 0.25) is 0 Å². The van der Waals surface area contributed by atoms with E-state index in [0.717, 1.165) is 38.2 Å². The van der Waals surface area contributed by atoms with Crippen molar-refractivity contribution in [2.24, 2.45) is 28.1 Å². The molecule has 3 heteroatoms. The highest BCUT2D eigenvalue weighted by Crippen LogP contribution is 2.49. The molecular weight excluding hydrogens is 358 g/mol. The minimum atomic E-state index is 0.450. The van der Waals surface area contributed by atoms with Gasteiger partial charge in [-0.2, -0.15) is 0 Å². The standard InChI is InChI=1S/C14H26O.C12H23NO/c1-13(2,3)12-4-6-14(7-5-12)8-10-15-11-9-14;1-12(2,3)9-4-5-10-11(8-9)14-7-6-13-10/h12H,4-11H2,1-3H3;9-11,13H,4-8H2,1-3H3. The molecule has 0 amide bonds. The van der Waals surface area contributed by atoms with E-state index in [4.69, 9.17) is 9.47 Å². The molecule has 0 aromatic carbocycles. The predicted octanol–water partition coefficient (Wildman–Crippen LogP) is 6.21. The normalized spacial score (nSPS) is 33.5. The summed E-state index contributed by atoms with van der Waals surface area (Å²) in [6.45, 7) is 18.2. The Morgan fingerprint density at radius 2 is 1.34 bits per heavy atom. The van der Waals surface area contributed by atoms with Crippen molar-refractivity contribution in [3.05, 3.63) is 0 Å². The third kappa shape index (κ3) is 6.43. The quantitative estimate of drug-likeness (QED) is 0.518. The number of fused-ring (bicyclic) bond motifs is 1. The van der Waals surface area contributed by atoms with Crippen molar-refractivity contribution in [2.45, 2.75) is 111 Å². The van der Waals surface area contributed by atoms with Gasteiger partial charge in [-0.25, -0.2) is 0 Å². The van der Waals surface area contributed by atoms with Crippen LogP contribution >= 0.6 is 0 Å². The van der Waals surface area contributed by atoms with Gasteiger partial charge in [0.25, 0.3) is 0 Å². The largest absolute Gasteiger partial charge is 0.381 e. The zero-order valence-corrected chi connectivity index (χ0v) is 20.3. The molecule has 2 saturated carbocycles. The van der Waals surface area contributed by atoms with Crippen LogP contribution in [0.1, 0.15) is 99.3 Å². The average Bonchev–Trinajstić information content (AvgIpc) is 2.68. The van der Waals surface area contributed by atoms with Gasteiger partial charge in [0.15, 0.2) is 0 Å². The zero-order chi connectivity index (χ0) is 21.1. The number of ether oxygens (including phenoxy) is 2. The molecule has 2 aliphatic heterocycles. The van der Waals surface area contributed by atoms with E-state index in [1.807, 2.05) is 0 Å². The van der Waals surface area contributed by atoms with E-state index in [0.29, 0.717) is 28.4 Å². The van der Waals surface area contributed by atoms with Crippen LogP contribution in [0.3, 0.4) is 0 Å². The summed E-state index contributed by atoms with van der Waals surface area (Å²) < 4.78 is 11.3. The summed E-state index contributed by atoms with van der Waals surface area (Å²) in [6.07, 6.45) is 12.9. The second-order valence-corrected chi connectivity index (χ2v) is 12.6. The number of hydrogen-bond acceptors (Lipinski definition) is 3. The molecule has 2 aliphatic carbocycles. The van der Waals surface area contributed by atoms with Crippen molar-refractivity contribution in [3.8, 4) is 0 Å². The van der Waals surface area contributed by atoms with Gasteiger partial charge in [-0.15, -0.1) is 0 Å². The zero-order valence-electron chi connectivity index (χ0n) is 20.3. The fraction of sp³-hybridized carbons (Fsp3) is 1.00. The van der Waals surface area contributed by atoms with E-state index < -0.39 is 0 Å². The summed E-state index contributed by atoms with van der Waals surface area (Å²) >= 11 is 0. The van der Waals surface area contributed by atoms with Crippen molar-refractivity contribution >= 4 is 0 Å². The van der Waals surface area contributed by atoms with Gasteiger partial charge < -0.3 is 14.8 Å². The van der Waals surface area contributed by atoms with Crippen molar-refractivity contribution in [3.63, 3.8) is 0 Å². The van der Waals surface area contributed by atoms with Crippen LogP contribution in [-0.4, -0.2) is 38.5 Å². The maximum Gasteiger partial charge on any atom is 0.0731 e. The van der Waals surface area contributed by atoms with Crippen molar-refractivity contribution in [1.82, 2.24) is 5.32 Å². The first-order valence-electron chi connectivity index (χ1n) is 12.5. The van der Waals surface area contributed by atoms with Crippen LogP contribution < -0.4 is 5.32 Å². The maximum absolute atomic E-state index is 5.84. The molecule has 4 fully saturated rings. The van der Waals surface area contributed by atoms with Crippen LogP contribution in [0.4, 0.5) is 0 Å². The lowest BCUT2D eigenvalue weighted by Gasteiger charge is -2.46. The summed E-state index contributed by atoms with van der Waals surface area (Å²) in [5, 5.41) is 3.57. The minimum Gasteiger partial charge on any atom is -0.381 e. The van der Waals surface area contributed by atoms with E-state index in [9.17, 15) is 0 Å². The van der Waals surface area contributed by atoms with Crippen molar-refractivity contribution in [1.29, 1.82) is 0 Å². The summed E-state index contributed by atoms with van der Waals surface area (Å²) in [5.41, 5.74) is 1.65. The average molecular weight is 408 g/mol. The Kier molecular flexibility index (Phi) is 7.77. The van der Waals surface area contributed by atoms with Crippen LogP contribution in [0, 0.1) is 28.1 Å². The monoisotopic (exact) mass is 407 g/mol. The van der Waals surface area contributed by atoms with Crippen LogP contribution in [0.5, 0.6) is 0 Å². The number of rotatable bonds is 0. The molecule has 3 nitrogen and oxygen atoms in total. The SMILES string of the molecule is CC(C)(C)C1CCC2(CCOCC2)CC1.CC(C)(C)C1CCC2NCCOC2C1. The molecule has 2 heterocycles. The van der Waals surface area contributed by atoms with E-state index >= 15 is 0 Å². The second-order valence-electron chi connectivity index (χ2n) is 12.6. The summed E-state index contributed by atoms with van der Waals surface area (Å²) in [6, 6.07) is 0.641. The molecule has 29 heavy (non-hydrogen) atoms.